The lowest BCUT2D eigenvalue weighted by atomic mass is 10.2. The fraction of sp³-hybridized carbons (Fsp3) is 0.900. The van der Waals surface area contributed by atoms with Crippen molar-refractivity contribution in [1.29, 1.82) is 0 Å². The molecule has 0 spiro atoms. The largest absolute Gasteiger partial charge is 0.469 e. The first-order valence-corrected chi connectivity index (χ1v) is 4.97. The van der Waals surface area contributed by atoms with Gasteiger partial charge in [0.05, 0.1) is 13.0 Å². The number of piperidine rings is 1. The number of rotatable bonds is 2. The van der Waals surface area contributed by atoms with E-state index in [1.807, 2.05) is 0 Å². The van der Waals surface area contributed by atoms with Gasteiger partial charge < -0.3 is 9.64 Å². The van der Waals surface area contributed by atoms with Crippen LogP contribution in [-0.4, -0.2) is 37.1 Å². The van der Waals surface area contributed by atoms with Crippen LogP contribution in [0.25, 0.3) is 0 Å². The molecule has 2 aliphatic rings. The molecule has 1 aliphatic carbocycles. The fourth-order valence-electron chi connectivity index (χ4n) is 2.47. The zero-order chi connectivity index (χ0) is 9.59. The van der Waals surface area contributed by atoms with E-state index in [1.54, 1.807) is 0 Å². The Morgan fingerprint density at radius 1 is 1.38 bits per heavy atom. The zero-order valence-corrected chi connectivity index (χ0v) is 8.49. The molecule has 3 heteroatoms. The summed E-state index contributed by atoms with van der Waals surface area (Å²) in [6.45, 7) is 6.58. The van der Waals surface area contributed by atoms with E-state index < -0.39 is 0 Å². The first-order chi connectivity index (χ1) is 6.15. The summed E-state index contributed by atoms with van der Waals surface area (Å²) in [7, 11) is 1.48. The molecule has 0 aromatic carbocycles. The van der Waals surface area contributed by atoms with Crippen LogP contribution in [0.4, 0.5) is 0 Å². The topological polar surface area (TPSA) is 29.5 Å². The number of nitrogens with zero attached hydrogens (tertiary/aromatic N) is 1. The third kappa shape index (κ3) is 1.35. The monoisotopic (exact) mass is 183 g/mol. The Kier molecular flexibility index (Phi) is 2.06. The van der Waals surface area contributed by atoms with Gasteiger partial charge in [-0.25, -0.2) is 0 Å². The Bertz CT molecular complexity index is 215. The maximum atomic E-state index is 11.2. The smallest absolute Gasteiger partial charge is 0.309 e. The molecule has 3 nitrogen and oxygen atoms in total. The highest BCUT2D eigenvalue weighted by molar-refractivity contribution is 5.76. The average molecular weight is 183 g/mol. The minimum atomic E-state index is -0.00148. The van der Waals surface area contributed by atoms with E-state index in [0.717, 1.165) is 13.1 Å². The summed E-state index contributed by atoms with van der Waals surface area (Å²) < 4.78 is 4.75. The quantitative estimate of drug-likeness (QED) is 0.591. The molecule has 0 N–H and O–H groups in total. The number of likely N-dealkylation sites (tertiary alicyclic amines) is 1. The van der Waals surface area contributed by atoms with Crippen molar-refractivity contribution in [3.8, 4) is 0 Å². The molecule has 1 saturated carbocycles. The maximum absolute atomic E-state index is 11.2. The number of hydrogen-bond donors (Lipinski definition) is 0. The first-order valence-electron chi connectivity index (χ1n) is 4.97. The highest BCUT2D eigenvalue weighted by Crippen LogP contribution is 2.52. The van der Waals surface area contributed by atoms with Gasteiger partial charge in [0.1, 0.15) is 0 Å². The number of esters is 1. The highest BCUT2D eigenvalue weighted by Gasteiger charge is 2.60. The molecule has 1 heterocycles. The summed E-state index contributed by atoms with van der Waals surface area (Å²) in [5, 5.41) is 0. The fourth-order valence-corrected chi connectivity index (χ4v) is 2.47. The van der Waals surface area contributed by atoms with Gasteiger partial charge in [-0.2, -0.15) is 0 Å². The van der Waals surface area contributed by atoms with E-state index >= 15 is 0 Å². The van der Waals surface area contributed by atoms with Gasteiger partial charge in [0.2, 0.25) is 0 Å². The van der Waals surface area contributed by atoms with Gasteiger partial charge >= 0.3 is 5.97 Å². The van der Waals surface area contributed by atoms with Crippen molar-refractivity contribution in [2.45, 2.75) is 19.9 Å². The van der Waals surface area contributed by atoms with E-state index in [2.05, 4.69) is 18.7 Å². The van der Waals surface area contributed by atoms with Crippen LogP contribution in [-0.2, 0) is 9.53 Å². The Balaban J connectivity index is 1.87. The second-order valence-corrected chi connectivity index (χ2v) is 4.42. The van der Waals surface area contributed by atoms with Crippen LogP contribution in [0.1, 0.15) is 13.8 Å². The van der Waals surface area contributed by atoms with Crippen molar-refractivity contribution in [3.05, 3.63) is 0 Å². The Morgan fingerprint density at radius 2 is 1.92 bits per heavy atom. The lowest BCUT2D eigenvalue weighted by molar-refractivity contribution is -0.143. The van der Waals surface area contributed by atoms with E-state index in [0.29, 0.717) is 17.9 Å². The van der Waals surface area contributed by atoms with Gasteiger partial charge in [-0.15, -0.1) is 0 Å². The normalized spacial score (nSPS) is 37.7. The van der Waals surface area contributed by atoms with Crippen LogP contribution in [0.5, 0.6) is 0 Å². The van der Waals surface area contributed by atoms with E-state index in [1.165, 1.54) is 7.11 Å². The van der Waals surface area contributed by atoms with Crippen molar-refractivity contribution in [2.75, 3.05) is 20.2 Å². The van der Waals surface area contributed by atoms with Crippen LogP contribution >= 0.6 is 0 Å². The lowest BCUT2D eigenvalue weighted by Gasteiger charge is -2.22. The number of methoxy groups -OCH3 is 1. The second kappa shape index (κ2) is 2.98. The molecule has 0 radical (unpaired) electrons. The van der Waals surface area contributed by atoms with Gasteiger partial charge in [0.25, 0.3) is 0 Å². The number of hydrogen-bond acceptors (Lipinski definition) is 3. The molecule has 2 fully saturated rings. The Hall–Kier alpha value is -0.570. The SMILES string of the molecule is COC(=O)C1[C@H]2CN(C(C)C)C[C@@H]12. The summed E-state index contributed by atoms with van der Waals surface area (Å²) in [5.41, 5.74) is 0. The molecule has 0 bridgehead atoms. The van der Waals surface area contributed by atoms with Gasteiger partial charge in [-0.3, -0.25) is 4.79 Å². The minimum Gasteiger partial charge on any atom is -0.469 e. The van der Waals surface area contributed by atoms with Crippen LogP contribution in [0.3, 0.4) is 0 Å². The summed E-state index contributed by atoms with van der Waals surface area (Å²) in [4.78, 5) is 13.7. The molecule has 1 saturated heterocycles. The number of ether oxygens (including phenoxy) is 1. The molecule has 0 amide bonds. The predicted octanol–water partition coefficient (Wildman–Crippen LogP) is 0.746. The van der Waals surface area contributed by atoms with Crippen molar-refractivity contribution in [2.24, 2.45) is 17.8 Å². The number of carbonyl (C=O) groups excluding carboxylic acids is 1. The van der Waals surface area contributed by atoms with Crippen LogP contribution in [0, 0.1) is 17.8 Å². The average Bonchev–Trinajstić information content (AvgIpc) is 2.58. The van der Waals surface area contributed by atoms with E-state index in [9.17, 15) is 4.79 Å². The summed E-state index contributed by atoms with van der Waals surface area (Å²) in [6, 6.07) is 0.617. The van der Waals surface area contributed by atoms with Gasteiger partial charge in [0.15, 0.2) is 0 Å². The Morgan fingerprint density at radius 3 is 2.31 bits per heavy atom. The van der Waals surface area contributed by atoms with E-state index in [4.69, 9.17) is 4.74 Å². The molecule has 0 aromatic rings. The first kappa shape index (κ1) is 9.00. The summed E-state index contributed by atoms with van der Waals surface area (Å²) in [5.74, 6) is 1.41. The van der Waals surface area contributed by atoms with E-state index in [-0.39, 0.29) is 11.9 Å². The third-order valence-electron chi connectivity index (χ3n) is 3.43. The van der Waals surface area contributed by atoms with Crippen molar-refractivity contribution >= 4 is 5.97 Å². The molecule has 74 valence electrons. The predicted molar refractivity (Wildman–Crippen MR) is 49.2 cm³/mol. The minimum absolute atomic E-state index is 0.00148. The molecule has 0 aromatic heterocycles. The molecular weight excluding hydrogens is 166 g/mol. The van der Waals surface area contributed by atoms with Crippen LogP contribution < -0.4 is 0 Å². The molecular formula is C10H17NO2. The molecule has 3 atom stereocenters. The highest BCUT2D eigenvalue weighted by atomic mass is 16.5. The Labute approximate surface area is 79.0 Å². The zero-order valence-electron chi connectivity index (χ0n) is 8.49. The van der Waals surface area contributed by atoms with Crippen molar-refractivity contribution in [3.63, 3.8) is 0 Å². The van der Waals surface area contributed by atoms with Crippen LogP contribution in [0.2, 0.25) is 0 Å². The molecule has 13 heavy (non-hydrogen) atoms. The maximum Gasteiger partial charge on any atom is 0.309 e. The van der Waals surface area contributed by atoms with Gasteiger partial charge in [-0.05, 0) is 25.7 Å². The summed E-state index contributed by atoms with van der Waals surface area (Å²) in [6.07, 6.45) is 0. The van der Waals surface area contributed by atoms with Crippen molar-refractivity contribution < 1.29 is 9.53 Å². The lowest BCUT2D eigenvalue weighted by Crippen LogP contribution is -2.32. The molecule has 1 unspecified atom stereocenters. The van der Waals surface area contributed by atoms with Crippen LogP contribution in [0.15, 0.2) is 0 Å². The molecule has 2 rings (SSSR count). The standard InChI is InChI=1S/C10H17NO2/c1-6(2)11-4-7-8(5-11)9(7)10(12)13-3/h6-9H,4-5H2,1-3H3/t7-,8+,9?. The molecule has 1 aliphatic heterocycles. The summed E-state index contributed by atoms with van der Waals surface area (Å²) >= 11 is 0. The van der Waals surface area contributed by atoms with Crippen molar-refractivity contribution in [1.82, 2.24) is 4.90 Å². The van der Waals surface area contributed by atoms with Gasteiger partial charge in [0, 0.05) is 19.1 Å². The van der Waals surface area contributed by atoms with Gasteiger partial charge in [-0.1, -0.05) is 0 Å². The number of carbonyl (C=O) groups is 1. The number of fused-ring (bicyclic) bond motifs is 1. The second-order valence-electron chi connectivity index (χ2n) is 4.42. The third-order valence-corrected chi connectivity index (χ3v) is 3.43.